The average molecular weight is 260 g/mol. The van der Waals surface area contributed by atoms with Crippen molar-refractivity contribution in [1.82, 2.24) is 0 Å². The molecule has 2 aliphatic rings. The maximum Gasteiger partial charge on any atom is 0.338 e. The topological polar surface area (TPSA) is 38.8 Å². The van der Waals surface area contributed by atoms with Gasteiger partial charge in [0.25, 0.3) is 0 Å². The molecule has 0 unspecified atom stereocenters. The SMILES string of the molecule is C[C@@]1(CCOC(=O)c2ccccc2)CC[C@@H]1[C@@H]1CO1. The Balaban J connectivity index is 1.47. The van der Waals surface area contributed by atoms with Gasteiger partial charge in [0.1, 0.15) is 0 Å². The first kappa shape index (κ1) is 12.7. The summed E-state index contributed by atoms with van der Waals surface area (Å²) in [5.41, 5.74) is 0.932. The molecule has 1 saturated heterocycles. The highest BCUT2D eigenvalue weighted by atomic mass is 16.6. The third-order valence-corrected chi connectivity index (χ3v) is 4.65. The van der Waals surface area contributed by atoms with Crippen molar-refractivity contribution in [3.05, 3.63) is 35.9 Å². The zero-order valence-electron chi connectivity index (χ0n) is 11.3. The highest BCUT2D eigenvalue weighted by Crippen LogP contribution is 2.53. The Bertz CT molecular complexity index is 452. The van der Waals surface area contributed by atoms with Crippen LogP contribution in [-0.4, -0.2) is 25.3 Å². The van der Waals surface area contributed by atoms with E-state index in [9.17, 15) is 4.79 Å². The van der Waals surface area contributed by atoms with E-state index in [4.69, 9.17) is 9.47 Å². The quantitative estimate of drug-likeness (QED) is 0.603. The van der Waals surface area contributed by atoms with E-state index in [1.165, 1.54) is 12.8 Å². The summed E-state index contributed by atoms with van der Waals surface area (Å²) in [4.78, 5) is 11.8. The Morgan fingerprint density at radius 2 is 2.16 bits per heavy atom. The van der Waals surface area contributed by atoms with Gasteiger partial charge in [0.05, 0.1) is 24.9 Å². The highest BCUT2D eigenvalue weighted by molar-refractivity contribution is 5.89. The van der Waals surface area contributed by atoms with Crippen molar-refractivity contribution in [2.24, 2.45) is 11.3 Å². The molecule has 102 valence electrons. The Kier molecular flexibility index (Phi) is 3.31. The van der Waals surface area contributed by atoms with Crippen LogP contribution < -0.4 is 0 Å². The Hall–Kier alpha value is -1.35. The third-order valence-electron chi connectivity index (χ3n) is 4.65. The molecule has 0 amide bonds. The molecular weight excluding hydrogens is 240 g/mol. The number of hydrogen-bond acceptors (Lipinski definition) is 3. The maximum absolute atomic E-state index is 11.8. The zero-order valence-corrected chi connectivity index (χ0v) is 11.3. The molecule has 0 N–H and O–H groups in total. The maximum atomic E-state index is 11.8. The summed E-state index contributed by atoms with van der Waals surface area (Å²) in [6.45, 7) is 3.72. The van der Waals surface area contributed by atoms with Gasteiger partial charge < -0.3 is 9.47 Å². The van der Waals surface area contributed by atoms with Crippen LogP contribution in [0.5, 0.6) is 0 Å². The fourth-order valence-electron chi connectivity index (χ4n) is 3.07. The van der Waals surface area contributed by atoms with Crippen molar-refractivity contribution in [1.29, 1.82) is 0 Å². The molecule has 0 spiro atoms. The minimum Gasteiger partial charge on any atom is -0.462 e. The van der Waals surface area contributed by atoms with E-state index in [1.54, 1.807) is 12.1 Å². The smallest absolute Gasteiger partial charge is 0.338 e. The van der Waals surface area contributed by atoms with Crippen molar-refractivity contribution in [3.63, 3.8) is 0 Å². The number of ether oxygens (including phenoxy) is 2. The van der Waals surface area contributed by atoms with Crippen LogP contribution >= 0.6 is 0 Å². The molecule has 3 nitrogen and oxygen atoms in total. The third kappa shape index (κ3) is 2.66. The van der Waals surface area contributed by atoms with Crippen molar-refractivity contribution in [3.8, 4) is 0 Å². The lowest BCUT2D eigenvalue weighted by Crippen LogP contribution is -2.41. The fraction of sp³-hybridized carbons (Fsp3) is 0.562. The van der Waals surface area contributed by atoms with E-state index in [0.717, 1.165) is 13.0 Å². The van der Waals surface area contributed by atoms with Crippen LogP contribution in [0.3, 0.4) is 0 Å². The van der Waals surface area contributed by atoms with Crippen LogP contribution in [0.25, 0.3) is 0 Å². The van der Waals surface area contributed by atoms with E-state index >= 15 is 0 Å². The molecule has 3 rings (SSSR count). The van der Waals surface area contributed by atoms with E-state index in [1.807, 2.05) is 18.2 Å². The summed E-state index contributed by atoms with van der Waals surface area (Å²) in [5.74, 6) is 0.450. The first-order valence-electron chi connectivity index (χ1n) is 7.03. The number of rotatable bonds is 5. The normalized spacial score (nSPS) is 32.5. The van der Waals surface area contributed by atoms with E-state index in [-0.39, 0.29) is 5.97 Å². The van der Waals surface area contributed by atoms with Crippen molar-refractivity contribution >= 4 is 5.97 Å². The molecule has 1 aliphatic carbocycles. The summed E-state index contributed by atoms with van der Waals surface area (Å²) in [6.07, 6.45) is 3.90. The molecule has 1 aromatic carbocycles. The number of esters is 1. The second-order valence-electron chi connectivity index (χ2n) is 5.92. The monoisotopic (exact) mass is 260 g/mol. The van der Waals surface area contributed by atoms with E-state index < -0.39 is 0 Å². The van der Waals surface area contributed by atoms with Gasteiger partial charge in [-0.15, -0.1) is 0 Å². The van der Waals surface area contributed by atoms with Crippen molar-refractivity contribution < 1.29 is 14.3 Å². The molecule has 0 radical (unpaired) electrons. The minimum absolute atomic E-state index is 0.220. The predicted molar refractivity (Wildman–Crippen MR) is 71.9 cm³/mol. The summed E-state index contributed by atoms with van der Waals surface area (Å²) in [5, 5.41) is 0. The van der Waals surface area contributed by atoms with Gasteiger partial charge in [-0.3, -0.25) is 0 Å². The lowest BCUT2D eigenvalue weighted by atomic mass is 9.58. The molecule has 1 aliphatic heterocycles. The van der Waals surface area contributed by atoms with Crippen LogP contribution in [0.4, 0.5) is 0 Å². The first-order valence-corrected chi connectivity index (χ1v) is 7.03. The fourth-order valence-corrected chi connectivity index (χ4v) is 3.07. The second-order valence-corrected chi connectivity index (χ2v) is 5.92. The van der Waals surface area contributed by atoms with Gasteiger partial charge in [0.2, 0.25) is 0 Å². The van der Waals surface area contributed by atoms with Gasteiger partial charge in [0, 0.05) is 0 Å². The van der Waals surface area contributed by atoms with Gasteiger partial charge in [-0.2, -0.15) is 0 Å². The van der Waals surface area contributed by atoms with Gasteiger partial charge in [-0.05, 0) is 42.7 Å². The summed E-state index contributed by atoms with van der Waals surface area (Å²) in [6, 6.07) is 9.17. The molecular formula is C16H20O3. The van der Waals surface area contributed by atoms with Crippen LogP contribution in [0.15, 0.2) is 30.3 Å². The van der Waals surface area contributed by atoms with Gasteiger partial charge in [-0.1, -0.05) is 25.1 Å². The molecule has 1 heterocycles. The molecule has 19 heavy (non-hydrogen) atoms. The van der Waals surface area contributed by atoms with E-state index in [2.05, 4.69) is 6.92 Å². The van der Waals surface area contributed by atoms with Crippen LogP contribution in [0.2, 0.25) is 0 Å². The first-order chi connectivity index (χ1) is 9.19. The summed E-state index contributed by atoms with van der Waals surface area (Å²) < 4.78 is 10.8. The Morgan fingerprint density at radius 3 is 2.74 bits per heavy atom. The molecule has 3 atom stereocenters. The minimum atomic E-state index is -0.220. The van der Waals surface area contributed by atoms with Gasteiger partial charge >= 0.3 is 5.97 Å². The summed E-state index contributed by atoms with van der Waals surface area (Å²) >= 11 is 0. The van der Waals surface area contributed by atoms with Crippen LogP contribution in [0, 0.1) is 11.3 Å². The van der Waals surface area contributed by atoms with Crippen LogP contribution in [0.1, 0.15) is 36.5 Å². The number of hydrogen-bond donors (Lipinski definition) is 0. The molecule has 3 heteroatoms. The van der Waals surface area contributed by atoms with Crippen molar-refractivity contribution in [2.45, 2.75) is 32.3 Å². The zero-order chi connectivity index (χ0) is 13.3. The largest absolute Gasteiger partial charge is 0.462 e. The van der Waals surface area contributed by atoms with Crippen molar-refractivity contribution in [2.75, 3.05) is 13.2 Å². The molecule has 0 aromatic heterocycles. The molecule has 1 saturated carbocycles. The van der Waals surface area contributed by atoms with Crippen LogP contribution in [-0.2, 0) is 9.47 Å². The lowest BCUT2D eigenvalue weighted by molar-refractivity contribution is -0.00557. The molecule has 0 bridgehead atoms. The standard InChI is InChI=1S/C16H20O3/c1-16(8-7-13(16)14-11-19-14)9-10-18-15(17)12-5-3-2-4-6-12/h2-6,13-14H,7-11H2,1H3/t13-,14+,16+/m1/s1. The van der Waals surface area contributed by atoms with E-state index in [0.29, 0.717) is 29.6 Å². The highest BCUT2D eigenvalue weighted by Gasteiger charge is 2.50. The summed E-state index contributed by atoms with van der Waals surface area (Å²) in [7, 11) is 0. The molecule has 2 fully saturated rings. The van der Waals surface area contributed by atoms with Gasteiger partial charge in [0.15, 0.2) is 0 Å². The predicted octanol–water partition coefficient (Wildman–Crippen LogP) is 3.05. The number of epoxide rings is 1. The molecule has 1 aromatic rings. The van der Waals surface area contributed by atoms with Gasteiger partial charge in [-0.25, -0.2) is 4.79 Å². The number of benzene rings is 1. The second kappa shape index (κ2) is 4.97. The number of carbonyl (C=O) groups is 1. The Morgan fingerprint density at radius 1 is 1.42 bits per heavy atom. The average Bonchev–Trinajstić information content (AvgIpc) is 3.22. The lowest BCUT2D eigenvalue weighted by Gasteiger charge is -2.46. The number of carbonyl (C=O) groups excluding carboxylic acids is 1. The Labute approximate surface area is 113 Å².